The summed E-state index contributed by atoms with van der Waals surface area (Å²) >= 11 is 0. The van der Waals surface area contributed by atoms with E-state index in [9.17, 15) is 0 Å². The van der Waals surface area contributed by atoms with Crippen molar-refractivity contribution in [3.05, 3.63) is 72.4 Å². The Morgan fingerprint density at radius 1 is 0.758 bits per heavy atom. The third kappa shape index (κ3) is 4.01. The number of pyridine rings is 1. The number of hydrogen-bond acceptors (Lipinski definition) is 1. The number of benzene rings is 2. The molecule has 0 aliphatic heterocycles. The molecule has 33 heavy (non-hydrogen) atoms. The summed E-state index contributed by atoms with van der Waals surface area (Å²) in [5, 5.41) is 1.58. The summed E-state index contributed by atoms with van der Waals surface area (Å²) in [6, 6.07) is 22.1. The van der Waals surface area contributed by atoms with Gasteiger partial charge in [-0.2, -0.15) is 0 Å². The molecule has 170 valence electrons. The topological polar surface area (TPSA) is 12.9 Å². The summed E-state index contributed by atoms with van der Waals surface area (Å²) < 4.78 is 0. The molecule has 0 unspecified atom stereocenters. The third-order valence-electron chi connectivity index (χ3n) is 8.96. The number of rotatable bonds is 5. The van der Waals surface area contributed by atoms with E-state index < -0.39 is 8.07 Å². The van der Waals surface area contributed by atoms with E-state index in [2.05, 4.69) is 86.5 Å². The minimum atomic E-state index is -1.47. The molecule has 0 spiro atoms. The summed E-state index contributed by atoms with van der Waals surface area (Å²) in [7, 11) is -1.47. The molecule has 1 heterocycles. The molecule has 0 radical (unpaired) electrons. The van der Waals surface area contributed by atoms with Gasteiger partial charge < -0.3 is 0 Å². The summed E-state index contributed by atoms with van der Waals surface area (Å²) in [5.74, 6) is 4.94. The first-order chi connectivity index (χ1) is 16.0. The number of aromatic nitrogens is 1. The lowest BCUT2D eigenvalue weighted by Gasteiger charge is -2.54. The molecule has 4 aliphatic rings. The van der Waals surface area contributed by atoms with Crippen molar-refractivity contribution >= 4 is 13.3 Å². The second-order valence-corrected chi connectivity index (χ2v) is 17.2. The van der Waals surface area contributed by atoms with Crippen molar-refractivity contribution in [1.82, 2.24) is 4.98 Å². The van der Waals surface area contributed by atoms with Crippen LogP contribution in [0.4, 0.5) is 0 Å². The summed E-state index contributed by atoms with van der Waals surface area (Å²) in [5.41, 5.74) is 6.57. The van der Waals surface area contributed by atoms with Crippen LogP contribution in [-0.4, -0.2) is 13.1 Å². The molecule has 2 heteroatoms. The van der Waals surface area contributed by atoms with E-state index in [1.807, 2.05) is 0 Å². The van der Waals surface area contributed by atoms with E-state index in [1.165, 1.54) is 55.2 Å². The van der Waals surface area contributed by atoms with Gasteiger partial charge in [0, 0.05) is 11.8 Å². The normalized spacial score (nSPS) is 28.3. The van der Waals surface area contributed by atoms with Crippen molar-refractivity contribution in [2.75, 3.05) is 0 Å². The standard InChI is InChI=1S/C31H37NSi/c1-33(2,3)31-20-32-30(28-12-8-7-11-27(28)23-9-5-4-6-10-23)19-26(31)18-29-24-14-21-13-22(16-24)17-25(29)15-21/h4-12,19-22,24-25,29H,13-18H2,1-3H3. The van der Waals surface area contributed by atoms with E-state index in [0.717, 1.165) is 35.3 Å². The van der Waals surface area contributed by atoms with E-state index >= 15 is 0 Å². The quantitative estimate of drug-likeness (QED) is 0.364. The molecule has 4 aliphatic carbocycles. The van der Waals surface area contributed by atoms with Crippen LogP contribution in [0.5, 0.6) is 0 Å². The molecule has 0 saturated heterocycles. The van der Waals surface area contributed by atoms with Crippen LogP contribution in [-0.2, 0) is 6.42 Å². The molecule has 0 N–H and O–H groups in total. The Hall–Kier alpha value is -2.19. The highest BCUT2D eigenvalue weighted by Crippen LogP contribution is 2.57. The predicted octanol–water partition coefficient (Wildman–Crippen LogP) is 7.58. The SMILES string of the molecule is C[Si](C)(C)c1cnc(-c2ccccc2-c2ccccc2)cc1CC1C2CC3CC(C2)CC1C3. The minimum absolute atomic E-state index is 0.896. The Kier molecular flexibility index (Phi) is 5.33. The molecule has 4 saturated carbocycles. The first-order valence-corrected chi connectivity index (χ1v) is 16.6. The maximum atomic E-state index is 5.08. The lowest BCUT2D eigenvalue weighted by atomic mass is 9.51. The molecule has 4 bridgehead atoms. The highest BCUT2D eigenvalue weighted by atomic mass is 28.3. The van der Waals surface area contributed by atoms with Gasteiger partial charge in [-0.1, -0.05) is 74.2 Å². The van der Waals surface area contributed by atoms with Crippen molar-refractivity contribution in [2.24, 2.45) is 29.6 Å². The average molecular weight is 452 g/mol. The number of nitrogens with zero attached hydrogens (tertiary/aromatic N) is 1. The van der Waals surface area contributed by atoms with Crippen molar-refractivity contribution in [3.63, 3.8) is 0 Å². The fourth-order valence-electron chi connectivity index (χ4n) is 7.69. The van der Waals surface area contributed by atoms with Crippen LogP contribution in [0, 0.1) is 29.6 Å². The Morgan fingerprint density at radius 2 is 1.36 bits per heavy atom. The van der Waals surface area contributed by atoms with Gasteiger partial charge in [0.15, 0.2) is 0 Å². The second-order valence-electron chi connectivity index (χ2n) is 12.2. The van der Waals surface area contributed by atoms with Crippen LogP contribution in [0.2, 0.25) is 19.6 Å². The van der Waals surface area contributed by atoms with Crippen LogP contribution in [0.3, 0.4) is 0 Å². The van der Waals surface area contributed by atoms with Gasteiger partial charge in [0.25, 0.3) is 0 Å². The van der Waals surface area contributed by atoms with Gasteiger partial charge in [0.05, 0.1) is 13.8 Å². The van der Waals surface area contributed by atoms with Crippen LogP contribution in [0.15, 0.2) is 66.9 Å². The van der Waals surface area contributed by atoms with E-state index in [1.54, 1.807) is 10.8 Å². The van der Waals surface area contributed by atoms with Gasteiger partial charge in [-0.05, 0) is 96.1 Å². The highest BCUT2D eigenvalue weighted by Gasteiger charge is 2.48. The molecular formula is C31H37NSi. The molecule has 7 rings (SSSR count). The summed E-state index contributed by atoms with van der Waals surface area (Å²) in [6.07, 6.45) is 11.1. The Labute approximate surface area is 200 Å². The molecule has 1 nitrogen and oxygen atoms in total. The van der Waals surface area contributed by atoms with Crippen LogP contribution in [0.1, 0.15) is 37.7 Å². The van der Waals surface area contributed by atoms with Gasteiger partial charge in [0.1, 0.15) is 0 Å². The maximum Gasteiger partial charge on any atom is 0.0799 e. The molecular weight excluding hydrogens is 414 g/mol. The van der Waals surface area contributed by atoms with Crippen LogP contribution >= 0.6 is 0 Å². The zero-order valence-electron chi connectivity index (χ0n) is 20.4. The summed E-state index contributed by atoms with van der Waals surface area (Å²) in [6.45, 7) is 7.46. The van der Waals surface area contributed by atoms with E-state index in [0.29, 0.717) is 0 Å². The van der Waals surface area contributed by atoms with Gasteiger partial charge >= 0.3 is 0 Å². The Balaban J connectivity index is 1.40. The fourth-order valence-corrected chi connectivity index (χ4v) is 9.28. The van der Waals surface area contributed by atoms with Crippen LogP contribution in [0.25, 0.3) is 22.4 Å². The molecule has 0 amide bonds. The Bertz CT molecular complexity index is 1120. The van der Waals surface area contributed by atoms with Gasteiger partial charge in [-0.15, -0.1) is 0 Å². The second kappa shape index (κ2) is 8.23. The van der Waals surface area contributed by atoms with Crippen molar-refractivity contribution in [1.29, 1.82) is 0 Å². The molecule has 2 aromatic carbocycles. The monoisotopic (exact) mass is 451 g/mol. The predicted molar refractivity (Wildman–Crippen MR) is 142 cm³/mol. The average Bonchev–Trinajstić information content (AvgIpc) is 2.81. The zero-order valence-corrected chi connectivity index (χ0v) is 21.4. The van der Waals surface area contributed by atoms with Crippen LogP contribution < -0.4 is 5.19 Å². The highest BCUT2D eigenvalue weighted by molar-refractivity contribution is 6.89. The van der Waals surface area contributed by atoms with E-state index in [-0.39, 0.29) is 0 Å². The first-order valence-electron chi connectivity index (χ1n) is 13.1. The fraction of sp³-hybridized carbons (Fsp3) is 0.452. The molecule has 0 atom stereocenters. The van der Waals surface area contributed by atoms with Gasteiger partial charge in [0.2, 0.25) is 0 Å². The van der Waals surface area contributed by atoms with E-state index in [4.69, 9.17) is 4.98 Å². The summed E-state index contributed by atoms with van der Waals surface area (Å²) in [4.78, 5) is 5.08. The lowest BCUT2D eigenvalue weighted by Crippen LogP contribution is -2.47. The van der Waals surface area contributed by atoms with Crippen molar-refractivity contribution < 1.29 is 0 Å². The number of hydrogen-bond donors (Lipinski definition) is 0. The first kappa shape index (κ1) is 21.3. The van der Waals surface area contributed by atoms with Gasteiger partial charge in [-0.3, -0.25) is 4.98 Å². The van der Waals surface area contributed by atoms with Gasteiger partial charge in [-0.25, -0.2) is 0 Å². The molecule has 3 aromatic rings. The van der Waals surface area contributed by atoms with Crippen molar-refractivity contribution in [3.8, 4) is 22.4 Å². The third-order valence-corrected chi connectivity index (χ3v) is 11.0. The molecule has 4 fully saturated rings. The maximum absolute atomic E-state index is 5.08. The Morgan fingerprint density at radius 3 is 2.00 bits per heavy atom. The smallest absolute Gasteiger partial charge is 0.0799 e. The zero-order chi connectivity index (χ0) is 22.6. The largest absolute Gasteiger partial charge is 0.256 e. The molecule has 1 aromatic heterocycles. The lowest BCUT2D eigenvalue weighted by molar-refractivity contribution is -0.0359. The van der Waals surface area contributed by atoms with Crippen molar-refractivity contribution in [2.45, 2.75) is 58.2 Å². The minimum Gasteiger partial charge on any atom is -0.256 e.